The van der Waals surface area contributed by atoms with Crippen molar-refractivity contribution in [2.75, 3.05) is 5.32 Å². The molecule has 1 heterocycles. The minimum atomic E-state index is 0.429. The number of hydrogen-bond acceptors (Lipinski definition) is 2. The Balaban J connectivity index is 1.89. The van der Waals surface area contributed by atoms with Crippen molar-refractivity contribution in [1.29, 1.82) is 0 Å². The lowest BCUT2D eigenvalue weighted by atomic mass is 9.87. The minimum Gasteiger partial charge on any atom is -0.377 e. The van der Waals surface area contributed by atoms with E-state index < -0.39 is 0 Å². The summed E-state index contributed by atoms with van der Waals surface area (Å²) in [7, 11) is 0. The van der Waals surface area contributed by atoms with Crippen LogP contribution < -0.4 is 5.32 Å². The lowest BCUT2D eigenvalue weighted by Gasteiger charge is -2.27. The lowest BCUT2D eigenvalue weighted by Crippen LogP contribution is -2.17. The third-order valence-electron chi connectivity index (χ3n) is 3.71. The van der Waals surface area contributed by atoms with Crippen LogP contribution in [0.3, 0.4) is 0 Å². The number of aromatic nitrogens is 1. The van der Waals surface area contributed by atoms with Gasteiger partial charge in [-0.25, -0.2) is 0 Å². The number of nitrogens with zero attached hydrogens (tertiary/aromatic N) is 1. The SMILES string of the molecule is Cc1ncccc1NC1CCCc2ccccc21. The van der Waals surface area contributed by atoms with Crippen molar-refractivity contribution in [2.24, 2.45) is 0 Å². The molecule has 1 unspecified atom stereocenters. The molecule has 1 N–H and O–H groups in total. The molecule has 2 heteroatoms. The molecule has 2 aromatic rings. The van der Waals surface area contributed by atoms with Crippen LogP contribution in [0.2, 0.25) is 0 Å². The Kier molecular flexibility index (Phi) is 3.01. The first-order chi connectivity index (χ1) is 8.84. The van der Waals surface area contributed by atoms with Crippen molar-refractivity contribution in [3.05, 3.63) is 59.4 Å². The van der Waals surface area contributed by atoms with Gasteiger partial charge in [-0.1, -0.05) is 24.3 Å². The fourth-order valence-electron chi connectivity index (χ4n) is 2.73. The van der Waals surface area contributed by atoms with E-state index in [4.69, 9.17) is 0 Å². The third-order valence-corrected chi connectivity index (χ3v) is 3.71. The number of pyridine rings is 1. The van der Waals surface area contributed by atoms with Crippen LogP contribution in [0.1, 0.15) is 35.7 Å². The molecule has 0 saturated carbocycles. The Hall–Kier alpha value is -1.83. The Morgan fingerprint density at radius 2 is 2.06 bits per heavy atom. The Bertz CT molecular complexity index is 548. The van der Waals surface area contributed by atoms with Crippen LogP contribution in [0.4, 0.5) is 5.69 Å². The predicted octanol–water partition coefficient (Wildman–Crippen LogP) is 3.88. The highest BCUT2D eigenvalue weighted by Gasteiger charge is 2.19. The quantitative estimate of drug-likeness (QED) is 0.858. The maximum absolute atomic E-state index is 4.34. The minimum absolute atomic E-state index is 0.429. The molecule has 18 heavy (non-hydrogen) atoms. The summed E-state index contributed by atoms with van der Waals surface area (Å²) in [5.41, 5.74) is 5.16. The summed E-state index contributed by atoms with van der Waals surface area (Å²) >= 11 is 0. The zero-order valence-corrected chi connectivity index (χ0v) is 10.7. The summed E-state index contributed by atoms with van der Waals surface area (Å²) in [6.07, 6.45) is 5.51. The molecular formula is C16H18N2. The van der Waals surface area contributed by atoms with Crippen LogP contribution in [0.5, 0.6) is 0 Å². The average molecular weight is 238 g/mol. The predicted molar refractivity (Wildman–Crippen MR) is 74.7 cm³/mol. The van der Waals surface area contributed by atoms with Gasteiger partial charge in [0.2, 0.25) is 0 Å². The molecule has 3 rings (SSSR count). The number of benzene rings is 1. The summed E-state index contributed by atoms with van der Waals surface area (Å²) in [6.45, 7) is 2.05. The molecule has 1 atom stereocenters. The zero-order chi connectivity index (χ0) is 12.4. The van der Waals surface area contributed by atoms with Crippen LogP contribution in [0.25, 0.3) is 0 Å². The molecule has 92 valence electrons. The van der Waals surface area contributed by atoms with Gasteiger partial charge in [0.1, 0.15) is 0 Å². The summed E-state index contributed by atoms with van der Waals surface area (Å²) in [4.78, 5) is 4.34. The fraction of sp³-hybridized carbons (Fsp3) is 0.312. The van der Waals surface area contributed by atoms with Crippen LogP contribution in [-0.4, -0.2) is 4.98 Å². The first-order valence-electron chi connectivity index (χ1n) is 6.60. The molecule has 1 aromatic carbocycles. The summed E-state index contributed by atoms with van der Waals surface area (Å²) < 4.78 is 0. The molecule has 1 aliphatic rings. The Labute approximate surface area is 108 Å². The van der Waals surface area contributed by atoms with Gasteiger partial charge in [-0.05, 0) is 49.4 Å². The molecule has 0 spiro atoms. The first kappa shape index (κ1) is 11.3. The molecule has 0 fully saturated rings. The van der Waals surface area contributed by atoms with Crippen molar-refractivity contribution >= 4 is 5.69 Å². The first-order valence-corrected chi connectivity index (χ1v) is 6.60. The zero-order valence-electron chi connectivity index (χ0n) is 10.7. The van der Waals surface area contributed by atoms with Gasteiger partial charge in [-0.15, -0.1) is 0 Å². The lowest BCUT2D eigenvalue weighted by molar-refractivity contribution is 0.600. The van der Waals surface area contributed by atoms with Crippen LogP contribution in [-0.2, 0) is 6.42 Å². The van der Waals surface area contributed by atoms with Gasteiger partial charge in [-0.2, -0.15) is 0 Å². The highest BCUT2D eigenvalue weighted by atomic mass is 14.9. The maximum Gasteiger partial charge on any atom is 0.0603 e. The highest BCUT2D eigenvalue weighted by molar-refractivity contribution is 5.50. The van der Waals surface area contributed by atoms with E-state index >= 15 is 0 Å². The van der Waals surface area contributed by atoms with E-state index in [1.807, 2.05) is 12.3 Å². The molecule has 0 radical (unpaired) electrons. The number of rotatable bonds is 2. The summed E-state index contributed by atoms with van der Waals surface area (Å²) in [6, 6.07) is 13.3. The van der Waals surface area contributed by atoms with Gasteiger partial charge in [0.25, 0.3) is 0 Å². The van der Waals surface area contributed by atoms with Crippen molar-refractivity contribution < 1.29 is 0 Å². The summed E-state index contributed by atoms with van der Waals surface area (Å²) in [5.74, 6) is 0. The normalized spacial score (nSPS) is 18.2. The van der Waals surface area contributed by atoms with Crippen molar-refractivity contribution in [2.45, 2.75) is 32.2 Å². The highest BCUT2D eigenvalue weighted by Crippen LogP contribution is 2.32. The van der Waals surface area contributed by atoms with Crippen molar-refractivity contribution in [1.82, 2.24) is 4.98 Å². The van der Waals surface area contributed by atoms with Gasteiger partial charge in [0.15, 0.2) is 0 Å². The molecule has 0 bridgehead atoms. The molecule has 2 nitrogen and oxygen atoms in total. The van der Waals surface area contributed by atoms with Gasteiger partial charge in [0.05, 0.1) is 17.4 Å². The van der Waals surface area contributed by atoms with E-state index in [1.165, 1.54) is 30.4 Å². The molecule has 0 saturated heterocycles. The second-order valence-corrected chi connectivity index (χ2v) is 4.92. The average Bonchev–Trinajstić information content (AvgIpc) is 2.42. The smallest absolute Gasteiger partial charge is 0.0603 e. The van der Waals surface area contributed by atoms with Crippen LogP contribution in [0.15, 0.2) is 42.6 Å². The van der Waals surface area contributed by atoms with E-state index in [9.17, 15) is 0 Å². The standard InChI is InChI=1S/C16H18N2/c1-12-15(10-5-11-17-12)18-16-9-4-7-13-6-2-3-8-14(13)16/h2-3,5-6,8,10-11,16,18H,4,7,9H2,1H3. The molecular weight excluding hydrogens is 220 g/mol. The van der Waals surface area contributed by atoms with E-state index in [1.54, 1.807) is 0 Å². The topological polar surface area (TPSA) is 24.9 Å². The van der Waals surface area contributed by atoms with Crippen molar-refractivity contribution in [3.63, 3.8) is 0 Å². The summed E-state index contributed by atoms with van der Waals surface area (Å²) in [5, 5.41) is 3.64. The number of nitrogens with one attached hydrogen (secondary N) is 1. The van der Waals surface area contributed by atoms with Gasteiger partial charge in [0, 0.05) is 6.20 Å². The maximum atomic E-state index is 4.34. The number of aryl methyl sites for hydroxylation is 2. The van der Waals surface area contributed by atoms with Crippen LogP contribution in [0, 0.1) is 6.92 Å². The monoisotopic (exact) mass is 238 g/mol. The van der Waals surface area contributed by atoms with Gasteiger partial charge in [-0.3, -0.25) is 4.98 Å². The van der Waals surface area contributed by atoms with E-state index in [0.717, 1.165) is 11.4 Å². The van der Waals surface area contributed by atoms with Crippen molar-refractivity contribution in [3.8, 4) is 0 Å². The molecule has 1 aromatic heterocycles. The molecule has 1 aliphatic carbocycles. The van der Waals surface area contributed by atoms with E-state index in [2.05, 4.69) is 47.6 Å². The largest absolute Gasteiger partial charge is 0.377 e. The molecule has 0 amide bonds. The molecule has 0 aliphatic heterocycles. The number of fused-ring (bicyclic) bond motifs is 1. The third kappa shape index (κ3) is 2.10. The van der Waals surface area contributed by atoms with E-state index in [-0.39, 0.29) is 0 Å². The Morgan fingerprint density at radius 1 is 1.17 bits per heavy atom. The second kappa shape index (κ2) is 4.81. The number of hydrogen-bond donors (Lipinski definition) is 1. The van der Waals surface area contributed by atoms with E-state index in [0.29, 0.717) is 6.04 Å². The second-order valence-electron chi connectivity index (χ2n) is 4.92. The van der Waals surface area contributed by atoms with Gasteiger partial charge < -0.3 is 5.32 Å². The number of anilines is 1. The fourth-order valence-corrected chi connectivity index (χ4v) is 2.73. The van der Waals surface area contributed by atoms with Crippen LogP contribution >= 0.6 is 0 Å². The Morgan fingerprint density at radius 3 is 2.94 bits per heavy atom. The van der Waals surface area contributed by atoms with Gasteiger partial charge >= 0.3 is 0 Å².